The SMILES string of the molecule is CC1C(CN(C)C(C)c2ccccc2)OC(c2ccc(-c3ccccc3CNC(=O)NCc3ccccc3)cc2)OC1c1ccc(CO)cc1. The second kappa shape index (κ2) is 16.7. The van der Waals surface area contributed by atoms with Gasteiger partial charge in [0.1, 0.15) is 0 Å². The molecule has 1 fully saturated rings. The summed E-state index contributed by atoms with van der Waals surface area (Å²) in [5, 5.41) is 15.6. The first-order valence-corrected chi connectivity index (χ1v) is 17.4. The molecule has 0 saturated carbocycles. The number of hydrogen-bond acceptors (Lipinski definition) is 5. The quantitative estimate of drug-likeness (QED) is 0.124. The summed E-state index contributed by atoms with van der Waals surface area (Å²) in [4.78, 5) is 14.9. The molecule has 7 nitrogen and oxygen atoms in total. The van der Waals surface area contributed by atoms with E-state index in [4.69, 9.17) is 9.47 Å². The second-order valence-corrected chi connectivity index (χ2v) is 13.1. The summed E-state index contributed by atoms with van der Waals surface area (Å²) in [5.41, 5.74) is 8.32. The third-order valence-electron chi connectivity index (χ3n) is 9.78. The van der Waals surface area contributed by atoms with Gasteiger partial charge in [0.25, 0.3) is 0 Å². The normalized spacial score (nSPS) is 19.5. The van der Waals surface area contributed by atoms with Crippen LogP contribution in [0.3, 0.4) is 0 Å². The highest BCUT2D eigenvalue weighted by molar-refractivity contribution is 5.75. The molecule has 0 spiro atoms. The van der Waals surface area contributed by atoms with Crippen LogP contribution in [0.1, 0.15) is 65.7 Å². The van der Waals surface area contributed by atoms with Crippen LogP contribution in [0.15, 0.2) is 133 Å². The smallest absolute Gasteiger partial charge is 0.315 e. The highest BCUT2D eigenvalue weighted by atomic mass is 16.7. The lowest BCUT2D eigenvalue weighted by Gasteiger charge is -2.43. The zero-order valence-electron chi connectivity index (χ0n) is 29.0. The van der Waals surface area contributed by atoms with E-state index in [-0.39, 0.29) is 36.8 Å². The van der Waals surface area contributed by atoms with E-state index >= 15 is 0 Å². The predicted octanol–water partition coefficient (Wildman–Crippen LogP) is 8.33. The Bertz CT molecular complexity index is 1800. The van der Waals surface area contributed by atoms with E-state index in [1.165, 1.54) is 5.56 Å². The lowest BCUT2D eigenvalue weighted by atomic mass is 9.89. The average molecular weight is 670 g/mol. The van der Waals surface area contributed by atoms with E-state index in [2.05, 4.69) is 103 Å². The molecule has 5 unspecified atom stereocenters. The Hall–Kier alpha value is -4.79. The number of carbonyl (C=O) groups excluding carboxylic acids is 1. The van der Waals surface area contributed by atoms with Crippen molar-refractivity contribution in [2.45, 2.75) is 58.1 Å². The number of nitrogens with one attached hydrogen (secondary N) is 2. The van der Waals surface area contributed by atoms with Crippen LogP contribution >= 0.6 is 0 Å². The van der Waals surface area contributed by atoms with E-state index in [9.17, 15) is 9.90 Å². The van der Waals surface area contributed by atoms with Gasteiger partial charge in [-0.1, -0.05) is 140 Å². The highest BCUT2D eigenvalue weighted by Gasteiger charge is 2.39. The van der Waals surface area contributed by atoms with Gasteiger partial charge in [-0.15, -0.1) is 0 Å². The van der Waals surface area contributed by atoms with E-state index in [0.717, 1.165) is 45.5 Å². The van der Waals surface area contributed by atoms with Gasteiger partial charge in [-0.3, -0.25) is 4.90 Å². The van der Waals surface area contributed by atoms with E-state index < -0.39 is 6.29 Å². The van der Waals surface area contributed by atoms with Gasteiger partial charge in [0, 0.05) is 37.2 Å². The fourth-order valence-electron chi connectivity index (χ4n) is 6.55. The Balaban J connectivity index is 1.18. The summed E-state index contributed by atoms with van der Waals surface area (Å²) in [6.07, 6.45) is -0.836. The molecule has 0 aromatic heterocycles. The number of nitrogens with zero attached hydrogens (tertiary/aromatic N) is 1. The van der Waals surface area contributed by atoms with Gasteiger partial charge in [-0.25, -0.2) is 4.79 Å². The molecule has 7 heteroatoms. The van der Waals surface area contributed by atoms with Crippen molar-refractivity contribution in [3.8, 4) is 11.1 Å². The van der Waals surface area contributed by atoms with Gasteiger partial charge in [0.2, 0.25) is 0 Å². The molecule has 5 aromatic rings. The predicted molar refractivity (Wildman–Crippen MR) is 198 cm³/mol. The van der Waals surface area contributed by atoms with E-state index in [0.29, 0.717) is 13.1 Å². The largest absolute Gasteiger partial charge is 0.392 e. The summed E-state index contributed by atoms with van der Waals surface area (Å²) < 4.78 is 13.5. The van der Waals surface area contributed by atoms with Gasteiger partial charge in [0.05, 0.1) is 18.8 Å². The first-order chi connectivity index (χ1) is 24.4. The first kappa shape index (κ1) is 35.1. The van der Waals surface area contributed by atoms with E-state index in [1.54, 1.807) is 0 Å². The molecule has 0 radical (unpaired) electrons. The maximum Gasteiger partial charge on any atom is 0.315 e. The molecule has 258 valence electrons. The molecular weight excluding hydrogens is 622 g/mol. The lowest BCUT2D eigenvalue weighted by Crippen LogP contribution is -2.44. The second-order valence-electron chi connectivity index (χ2n) is 13.1. The monoisotopic (exact) mass is 669 g/mol. The molecule has 2 amide bonds. The molecular formula is C43H47N3O4. The number of aliphatic hydroxyl groups excluding tert-OH is 1. The minimum atomic E-state index is -0.557. The number of hydrogen-bond donors (Lipinski definition) is 3. The molecule has 1 aliphatic rings. The Morgan fingerprint density at radius 1 is 0.740 bits per heavy atom. The maximum absolute atomic E-state index is 12.6. The number of likely N-dealkylation sites (N-methyl/N-ethyl adjacent to an activating group) is 1. The number of benzene rings is 5. The van der Waals surface area contributed by atoms with Crippen molar-refractivity contribution in [3.63, 3.8) is 0 Å². The Morgan fingerprint density at radius 2 is 1.36 bits per heavy atom. The molecule has 1 saturated heterocycles. The van der Waals surface area contributed by atoms with Crippen LogP contribution in [0.5, 0.6) is 0 Å². The zero-order chi connectivity index (χ0) is 34.9. The average Bonchev–Trinajstić information content (AvgIpc) is 3.17. The molecule has 3 N–H and O–H groups in total. The summed E-state index contributed by atoms with van der Waals surface area (Å²) >= 11 is 0. The van der Waals surface area contributed by atoms with Crippen LogP contribution < -0.4 is 10.6 Å². The van der Waals surface area contributed by atoms with Crippen molar-refractivity contribution in [1.29, 1.82) is 0 Å². The van der Waals surface area contributed by atoms with Crippen LogP contribution in [-0.2, 0) is 29.2 Å². The summed E-state index contributed by atoms with van der Waals surface area (Å²) in [7, 11) is 2.15. The Kier molecular flexibility index (Phi) is 11.7. The lowest BCUT2D eigenvalue weighted by molar-refractivity contribution is -0.276. The van der Waals surface area contributed by atoms with E-state index in [1.807, 2.05) is 66.7 Å². The van der Waals surface area contributed by atoms with Crippen molar-refractivity contribution >= 4 is 6.03 Å². The number of ether oxygens (including phenoxy) is 2. The summed E-state index contributed by atoms with van der Waals surface area (Å²) in [6, 6.07) is 44.9. The minimum absolute atomic E-state index is 0.00484. The third kappa shape index (κ3) is 8.67. The number of urea groups is 1. The van der Waals surface area contributed by atoms with Crippen molar-refractivity contribution in [2.24, 2.45) is 5.92 Å². The molecule has 0 aliphatic carbocycles. The molecule has 1 aliphatic heterocycles. The molecule has 1 heterocycles. The van der Waals surface area contributed by atoms with Crippen LogP contribution in [0, 0.1) is 5.92 Å². The Labute approximate surface area is 295 Å². The van der Waals surface area contributed by atoms with Crippen molar-refractivity contribution in [3.05, 3.63) is 167 Å². The van der Waals surface area contributed by atoms with Crippen molar-refractivity contribution in [1.82, 2.24) is 15.5 Å². The zero-order valence-corrected chi connectivity index (χ0v) is 29.0. The maximum atomic E-state index is 12.6. The highest BCUT2D eigenvalue weighted by Crippen LogP contribution is 2.42. The fraction of sp³-hybridized carbons (Fsp3) is 0.279. The molecule has 5 aromatic carbocycles. The molecule has 0 bridgehead atoms. The summed E-state index contributed by atoms with van der Waals surface area (Å²) in [5.74, 6) is 0.0835. The standard InChI is InChI=1S/C43H47N3O4/c1-30-40(28-46(3)31(2)34-14-8-5-9-15-34)49-42(50-41(30)36-20-18-33(29-47)19-21-36)37-24-22-35(23-25-37)39-17-11-10-16-38(39)27-45-43(48)44-26-32-12-6-4-7-13-32/h4-25,30-31,40-42,47H,26-29H2,1-3H3,(H2,44,45,48). The Morgan fingerprint density at radius 3 is 2.06 bits per heavy atom. The van der Waals surface area contributed by atoms with Gasteiger partial charge in [-0.05, 0) is 52.9 Å². The van der Waals surface area contributed by atoms with Gasteiger partial charge in [-0.2, -0.15) is 0 Å². The van der Waals surface area contributed by atoms with Crippen LogP contribution in [0.25, 0.3) is 11.1 Å². The van der Waals surface area contributed by atoms with Crippen molar-refractivity contribution in [2.75, 3.05) is 13.6 Å². The van der Waals surface area contributed by atoms with Crippen LogP contribution in [0.2, 0.25) is 0 Å². The van der Waals surface area contributed by atoms with Gasteiger partial charge < -0.3 is 25.2 Å². The number of carbonyl (C=O) groups is 1. The van der Waals surface area contributed by atoms with Gasteiger partial charge in [0.15, 0.2) is 6.29 Å². The first-order valence-electron chi connectivity index (χ1n) is 17.4. The van der Waals surface area contributed by atoms with Crippen LogP contribution in [0.4, 0.5) is 4.79 Å². The summed E-state index contributed by atoms with van der Waals surface area (Å²) in [6.45, 7) is 6.04. The molecule has 5 atom stereocenters. The number of amides is 2. The molecule has 50 heavy (non-hydrogen) atoms. The van der Waals surface area contributed by atoms with Crippen LogP contribution in [-0.4, -0.2) is 35.7 Å². The number of rotatable bonds is 12. The number of aliphatic hydroxyl groups is 1. The van der Waals surface area contributed by atoms with Gasteiger partial charge >= 0.3 is 6.03 Å². The fourth-order valence-corrected chi connectivity index (χ4v) is 6.55. The molecule has 6 rings (SSSR count). The van der Waals surface area contributed by atoms with Crippen molar-refractivity contribution < 1.29 is 19.4 Å². The third-order valence-corrected chi connectivity index (χ3v) is 9.78. The topological polar surface area (TPSA) is 83.1 Å². The minimum Gasteiger partial charge on any atom is -0.392 e.